The lowest BCUT2D eigenvalue weighted by molar-refractivity contribution is -0.270. The van der Waals surface area contributed by atoms with Gasteiger partial charge >= 0.3 is 6.18 Å². The molecule has 0 saturated carbocycles. The lowest BCUT2D eigenvalue weighted by Crippen LogP contribution is -2.50. The van der Waals surface area contributed by atoms with E-state index in [-0.39, 0.29) is 25.5 Å². The van der Waals surface area contributed by atoms with Gasteiger partial charge in [-0.25, -0.2) is 0 Å². The highest BCUT2D eigenvalue weighted by Gasteiger charge is 2.59. The fourth-order valence-electron chi connectivity index (χ4n) is 1.79. The molecule has 1 atom stereocenters. The molecule has 0 aromatic heterocycles. The van der Waals surface area contributed by atoms with E-state index in [1.807, 2.05) is 0 Å². The number of carbonyl (C=O) groups excluding carboxylic acids is 1. The van der Waals surface area contributed by atoms with Gasteiger partial charge in [-0.1, -0.05) is 0 Å². The van der Waals surface area contributed by atoms with E-state index in [1.165, 1.54) is 6.92 Å². The van der Waals surface area contributed by atoms with E-state index in [2.05, 4.69) is 0 Å². The van der Waals surface area contributed by atoms with Gasteiger partial charge in [0.25, 0.3) is 0 Å². The van der Waals surface area contributed by atoms with Crippen LogP contribution in [-0.4, -0.2) is 48.2 Å². The first-order chi connectivity index (χ1) is 7.36. The van der Waals surface area contributed by atoms with Crippen LogP contribution in [0.1, 0.15) is 13.3 Å². The highest BCUT2D eigenvalue weighted by atomic mass is 35.5. The predicted molar refractivity (Wildman–Crippen MR) is 52.3 cm³/mol. The third-order valence-corrected chi connectivity index (χ3v) is 2.86. The molecular weight excluding hydrogens is 247 g/mol. The SMILES string of the molecule is CCOC1(C(F)(F)F)CCN(C(=O)CCl)C1. The number of halogens is 4. The van der Waals surface area contributed by atoms with E-state index < -0.39 is 24.2 Å². The van der Waals surface area contributed by atoms with Crippen molar-refractivity contribution in [2.75, 3.05) is 25.6 Å². The van der Waals surface area contributed by atoms with E-state index in [4.69, 9.17) is 16.3 Å². The number of alkyl halides is 4. The fraction of sp³-hybridized carbons (Fsp3) is 0.889. The molecule has 0 N–H and O–H groups in total. The minimum Gasteiger partial charge on any atom is -0.364 e. The molecule has 0 aliphatic carbocycles. The van der Waals surface area contributed by atoms with Gasteiger partial charge < -0.3 is 9.64 Å². The smallest absolute Gasteiger partial charge is 0.364 e. The Morgan fingerprint density at radius 2 is 2.19 bits per heavy atom. The second-order valence-corrected chi connectivity index (χ2v) is 3.89. The van der Waals surface area contributed by atoms with Crippen molar-refractivity contribution in [3.63, 3.8) is 0 Å². The average molecular weight is 260 g/mol. The number of hydrogen-bond acceptors (Lipinski definition) is 2. The number of ether oxygens (including phenoxy) is 1. The number of likely N-dealkylation sites (tertiary alicyclic amines) is 1. The van der Waals surface area contributed by atoms with Crippen LogP contribution < -0.4 is 0 Å². The largest absolute Gasteiger partial charge is 0.419 e. The quantitative estimate of drug-likeness (QED) is 0.724. The van der Waals surface area contributed by atoms with Gasteiger partial charge in [0.15, 0.2) is 5.60 Å². The van der Waals surface area contributed by atoms with Crippen LogP contribution in [0.15, 0.2) is 0 Å². The van der Waals surface area contributed by atoms with Gasteiger partial charge in [0.2, 0.25) is 5.91 Å². The molecule has 7 heteroatoms. The van der Waals surface area contributed by atoms with Crippen molar-refractivity contribution in [1.29, 1.82) is 0 Å². The lowest BCUT2D eigenvalue weighted by atomic mass is 10.0. The second-order valence-electron chi connectivity index (χ2n) is 3.62. The summed E-state index contributed by atoms with van der Waals surface area (Å²) in [4.78, 5) is 12.3. The maximum Gasteiger partial charge on any atom is 0.419 e. The van der Waals surface area contributed by atoms with Crippen molar-refractivity contribution in [3.05, 3.63) is 0 Å². The molecule has 1 amide bonds. The molecular formula is C9H13ClF3NO2. The van der Waals surface area contributed by atoms with Gasteiger partial charge in [0.1, 0.15) is 5.88 Å². The molecule has 1 fully saturated rings. The molecule has 1 aliphatic heterocycles. The van der Waals surface area contributed by atoms with Crippen molar-refractivity contribution in [2.45, 2.75) is 25.1 Å². The van der Waals surface area contributed by atoms with E-state index >= 15 is 0 Å². The molecule has 1 saturated heterocycles. The first kappa shape index (κ1) is 13.6. The third-order valence-electron chi connectivity index (χ3n) is 2.64. The zero-order chi connectivity index (χ0) is 12.4. The van der Waals surface area contributed by atoms with Crippen molar-refractivity contribution >= 4 is 17.5 Å². The first-order valence-electron chi connectivity index (χ1n) is 4.90. The lowest BCUT2D eigenvalue weighted by Gasteiger charge is -2.31. The van der Waals surface area contributed by atoms with Gasteiger partial charge in [-0.2, -0.15) is 13.2 Å². The summed E-state index contributed by atoms with van der Waals surface area (Å²) in [5, 5.41) is 0. The molecule has 1 rings (SSSR count). The van der Waals surface area contributed by atoms with Crippen LogP contribution in [0.3, 0.4) is 0 Å². The Balaban J connectivity index is 2.80. The topological polar surface area (TPSA) is 29.5 Å². The Hall–Kier alpha value is -0.490. The number of amides is 1. The maximum absolute atomic E-state index is 12.8. The van der Waals surface area contributed by atoms with Crippen LogP contribution in [-0.2, 0) is 9.53 Å². The Labute approximate surface area is 96.5 Å². The van der Waals surface area contributed by atoms with Crippen LogP contribution in [0.2, 0.25) is 0 Å². The van der Waals surface area contributed by atoms with Crippen LogP contribution >= 0.6 is 11.6 Å². The summed E-state index contributed by atoms with van der Waals surface area (Å²) in [5.74, 6) is -0.799. The molecule has 0 aromatic rings. The maximum atomic E-state index is 12.8. The summed E-state index contributed by atoms with van der Waals surface area (Å²) in [6.45, 7) is 1.03. The summed E-state index contributed by atoms with van der Waals surface area (Å²) >= 11 is 5.30. The number of nitrogens with zero attached hydrogens (tertiary/aromatic N) is 1. The fourth-order valence-corrected chi connectivity index (χ4v) is 1.96. The Kier molecular flexibility index (Phi) is 4.07. The molecule has 3 nitrogen and oxygen atoms in total. The Morgan fingerprint density at radius 3 is 2.62 bits per heavy atom. The molecule has 0 aromatic carbocycles. The van der Waals surface area contributed by atoms with E-state index in [9.17, 15) is 18.0 Å². The number of hydrogen-bond donors (Lipinski definition) is 0. The first-order valence-corrected chi connectivity index (χ1v) is 5.44. The van der Waals surface area contributed by atoms with Gasteiger partial charge in [0, 0.05) is 19.6 Å². The molecule has 0 radical (unpaired) electrons. The van der Waals surface area contributed by atoms with Gasteiger partial charge in [-0.05, 0) is 6.92 Å². The molecule has 16 heavy (non-hydrogen) atoms. The molecule has 1 unspecified atom stereocenters. The van der Waals surface area contributed by atoms with Gasteiger partial charge in [-0.3, -0.25) is 4.79 Å². The predicted octanol–water partition coefficient (Wildman–Crippen LogP) is 1.80. The highest BCUT2D eigenvalue weighted by molar-refractivity contribution is 6.27. The summed E-state index contributed by atoms with van der Waals surface area (Å²) < 4.78 is 43.4. The highest BCUT2D eigenvalue weighted by Crippen LogP contribution is 2.40. The van der Waals surface area contributed by atoms with E-state index in [1.54, 1.807) is 0 Å². The van der Waals surface area contributed by atoms with Crippen molar-refractivity contribution in [2.24, 2.45) is 0 Å². The number of rotatable bonds is 3. The minimum absolute atomic E-state index is 0.0328. The summed E-state index contributed by atoms with van der Waals surface area (Å²) in [6.07, 6.45) is -4.70. The van der Waals surface area contributed by atoms with Crippen molar-refractivity contribution in [1.82, 2.24) is 4.90 Å². The summed E-state index contributed by atoms with van der Waals surface area (Å²) in [7, 11) is 0. The minimum atomic E-state index is -4.47. The number of carbonyl (C=O) groups is 1. The van der Waals surface area contributed by atoms with E-state index in [0.29, 0.717) is 0 Å². The van der Waals surface area contributed by atoms with E-state index in [0.717, 1.165) is 4.90 Å². The second kappa shape index (κ2) is 4.79. The third kappa shape index (κ3) is 2.43. The van der Waals surface area contributed by atoms with Gasteiger partial charge in [-0.15, -0.1) is 11.6 Å². The molecule has 0 bridgehead atoms. The van der Waals surface area contributed by atoms with Crippen LogP contribution in [0.4, 0.5) is 13.2 Å². The van der Waals surface area contributed by atoms with Crippen molar-refractivity contribution in [3.8, 4) is 0 Å². The summed E-state index contributed by atoms with van der Waals surface area (Å²) in [5.41, 5.74) is -2.22. The zero-order valence-corrected chi connectivity index (χ0v) is 9.57. The average Bonchev–Trinajstić information content (AvgIpc) is 2.62. The molecule has 1 heterocycles. The van der Waals surface area contributed by atoms with Crippen molar-refractivity contribution < 1.29 is 22.7 Å². The van der Waals surface area contributed by atoms with Crippen LogP contribution in [0.5, 0.6) is 0 Å². The standard InChI is InChI=1S/C9H13ClF3NO2/c1-2-16-8(9(11,12)13)3-4-14(6-8)7(15)5-10/h2-6H2,1H3. The monoisotopic (exact) mass is 259 g/mol. The Bertz CT molecular complexity index is 272. The van der Waals surface area contributed by atoms with Gasteiger partial charge in [0.05, 0.1) is 6.54 Å². The Morgan fingerprint density at radius 1 is 1.56 bits per heavy atom. The zero-order valence-electron chi connectivity index (χ0n) is 8.81. The summed E-state index contributed by atoms with van der Waals surface area (Å²) in [6, 6.07) is 0. The molecule has 1 aliphatic rings. The van der Waals surface area contributed by atoms with Crippen LogP contribution in [0.25, 0.3) is 0 Å². The molecule has 0 spiro atoms. The van der Waals surface area contributed by atoms with Crippen LogP contribution in [0, 0.1) is 0 Å². The molecule has 94 valence electrons. The normalized spacial score (nSPS) is 26.2.